The number of pyridine rings is 1. The average Bonchev–Trinajstić information content (AvgIpc) is 3.27. The molecule has 4 rings (SSSR count). The van der Waals surface area contributed by atoms with Crippen molar-refractivity contribution in [3.05, 3.63) is 48.2 Å². The summed E-state index contributed by atoms with van der Waals surface area (Å²) in [4.78, 5) is 27.3. The van der Waals surface area contributed by atoms with Crippen LogP contribution in [-0.2, 0) is 4.79 Å². The number of furan rings is 1. The van der Waals surface area contributed by atoms with Gasteiger partial charge in [0.05, 0.1) is 22.8 Å². The number of carboxylic acids is 1. The molecule has 1 spiro atoms. The van der Waals surface area contributed by atoms with Gasteiger partial charge in [-0.15, -0.1) is 11.8 Å². The lowest BCUT2D eigenvalue weighted by atomic mass is 9.92. The monoisotopic (exact) mass is 444 g/mol. The summed E-state index contributed by atoms with van der Waals surface area (Å²) in [6, 6.07) is 5.56. The molecule has 0 aromatic carbocycles. The molecule has 0 radical (unpaired) electrons. The lowest BCUT2D eigenvalue weighted by Crippen LogP contribution is -2.60. The van der Waals surface area contributed by atoms with Gasteiger partial charge in [-0.1, -0.05) is 0 Å². The van der Waals surface area contributed by atoms with Gasteiger partial charge in [0.25, 0.3) is 5.91 Å². The summed E-state index contributed by atoms with van der Waals surface area (Å²) in [6.07, 6.45) is 1.14. The van der Waals surface area contributed by atoms with E-state index >= 15 is 0 Å². The first-order chi connectivity index (χ1) is 14.1. The molecular formula is C19H19F3N2O5S. The lowest BCUT2D eigenvalue weighted by molar-refractivity contribution is -0.192. The third-order valence-corrected chi connectivity index (χ3v) is 6.26. The van der Waals surface area contributed by atoms with E-state index in [0.29, 0.717) is 11.3 Å². The highest BCUT2D eigenvalue weighted by Gasteiger charge is 2.51. The van der Waals surface area contributed by atoms with Crippen LogP contribution in [0.25, 0.3) is 0 Å². The number of thioether (sulfide) groups is 1. The predicted octanol–water partition coefficient (Wildman–Crippen LogP) is 3.40. The second kappa shape index (κ2) is 8.58. The number of ether oxygens (including phenoxy) is 1. The Labute approximate surface area is 174 Å². The van der Waals surface area contributed by atoms with E-state index in [1.165, 1.54) is 0 Å². The zero-order valence-electron chi connectivity index (χ0n) is 15.9. The smallest absolute Gasteiger partial charge is 0.488 e. The van der Waals surface area contributed by atoms with E-state index < -0.39 is 12.1 Å². The maximum Gasteiger partial charge on any atom is 0.490 e. The molecule has 0 aliphatic carbocycles. The average molecular weight is 444 g/mol. The minimum Gasteiger partial charge on any atom is -0.488 e. The SMILES string of the molecule is Cc1occc1C(=O)N1CC2(CC(Oc3cccnc3)CS2)C1.O=C(O)C(F)(F)F. The van der Waals surface area contributed by atoms with Crippen LogP contribution in [-0.4, -0.2) is 62.7 Å². The van der Waals surface area contributed by atoms with Gasteiger partial charge in [0.2, 0.25) is 0 Å². The number of amides is 1. The van der Waals surface area contributed by atoms with Crippen molar-refractivity contribution in [1.82, 2.24) is 9.88 Å². The molecule has 2 aliphatic rings. The molecule has 2 aromatic heterocycles. The first kappa shape index (κ1) is 22.0. The number of halogens is 3. The summed E-state index contributed by atoms with van der Waals surface area (Å²) < 4.78 is 43.1. The van der Waals surface area contributed by atoms with Crippen LogP contribution in [0.5, 0.6) is 5.75 Å². The fourth-order valence-corrected chi connectivity index (χ4v) is 4.80. The second-order valence-corrected chi connectivity index (χ2v) is 8.47. The van der Waals surface area contributed by atoms with Gasteiger partial charge in [-0.3, -0.25) is 9.78 Å². The Bertz CT molecular complexity index is 897. The number of aromatic nitrogens is 1. The van der Waals surface area contributed by atoms with Crippen LogP contribution < -0.4 is 4.74 Å². The molecule has 4 heterocycles. The maximum absolute atomic E-state index is 12.4. The Morgan fingerprint density at radius 1 is 1.37 bits per heavy atom. The van der Waals surface area contributed by atoms with Crippen molar-refractivity contribution in [1.29, 1.82) is 0 Å². The number of carboxylic acid groups (broad SMARTS) is 1. The first-order valence-electron chi connectivity index (χ1n) is 8.94. The molecule has 2 aromatic rings. The minimum absolute atomic E-state index is 0.0686. The highest BCUT2D eigenvalue weighted by atomic mass is 32.2. The fraction of sp³-hybridized carbons (Fsp3) is 0.421. The number of rotatable bonds is 3. The molecule has 162 valence electrons. The molecule has 2 aliphatic heterocycles. The normalized spacial score (nSPS) is 19.6. The van der Waals surface area contributed by atoms with E-state index in [2.05, 4.69) is 4.98 Å². The number of nitrogens with zero attached hydrogens (tertiary/aromatic N) is 2. The minimum atomic E-state index is -5.08. The molecule has 30 heavy (non-hydrogen) atoms. The van der Waals surface area contributed by atoms with Crippen LogP contribution in [0.4, 0.5) is 13.2 Å². The Balaban J connectivity index is 0.000000318. The summed E-state index contributed by atoms with van der Waals surface area (Å²) in [5.41, 5.74) is 0.672. The van der Waals surface area contributed by atoms with Gasteiger partial charge in [0.1, 0.15) is 17.6 Å². The topological polar surface area (TPSA) is 92.9 Å². The highest BCUT2D eigenvalue weighted by Crippen LogP contribution is 2.46. The number of alkyl halides is 3. The summed E-state index contributed by atoms with van der Waals surface area (Å²) in [7, 11) is 0. The van der Waals surface area contributed by atoms with E-state index in [1.807, 2.05) is 35.7 Å². The van der Waals surface area contributed by atoms with Crippen LogP contribution in [0.3, 0.4) is 0 Å². The van der Waals surface area contributed by atoms with E-state index in [9.17, 15) is 18.0 Å². The third kappa shape index (κ3) is 5.07. The van der Waals surface area contributed by atoms with Gasteiger partial charge < -0.3 is 19.2 Å². The fourth-order valence-electron chi connectivity index (χ4n) is 3.28. The quantitative estimate of drug-likeness (QED) is 0.776. The predicted molar refractivity (Wildman–Crippen MR) is 101 cm³/mol. The van der Waals surface area contributed by atoms with Gasteiger partial charge in [0.15, 0.2) is 0 Å². The zero-order chi connectivity index (χ0) is 21.9. The van der Waals surface area contributed by atoms with E-state index in [4.69, 9.17) is 19.1 Å². The van der Waals surface area contributed by atoms with Gasteiger partial charge in [0, 0.05) is 31.5 Å². The number of aliphatic carboxylic acids is 1. The van der Waals surface area contributed by atoms with E-state index in [-0.39, 0.29) is 16.8 Å². The number of carbonyl (C=O) groups excluding carboxylic acids is 1. The molecule has 1 atom stereocenters. The van der Waals surface area contributed by atoms with Crippen LogP contribution in [0.2, 0.25) is 0 Å². The van der Waals surface area contributed by atoms with Crippen molar-refractivity contribution >= 4 is 23.6 Å². The maximum atomic E-state index is 12.4. The molecule has 2 fully saturated rings. The molecule has 1 N–H and O–H groups in total. The van der Waals surface area contributed by atoms with Gasteiger partial charge in [-0.2, -0.15) is 13.2 Å². The molecular weight excluding hydrogens is 425 g/mol. The Morgan fingerprint density at radius 2 is 2.07 bits per heavy atom. The molecule has 1 unspecified atom stereocenters. The largest absolute Gasteiger partial charge is 0.490 e. The Morgan fingerprint density at radius 3 is 2.60 bits per heavy atom. The molecule has 0 saturated carbocycles. The van der Waals surface area contributed by atoms with Crippen LogP contribution >= 0.6 is 11.8 Å². The highest BCUT2D eigenvalue weighted by molar-refractivity contribution is 8.01. The van der Waals surface area contributed by atoms with Crippen LogP contribution in [0.15, 0.2) is 41.3 Å². The van der Waals surface area contributed by atoms with Crippen LogP contribution in [0.1, 0.15) is 22.5 Å². The molecule has 7 nitrogen and oxygen atoms in total. The standard InChI is InChI=1S/C17H18N2O3S.C2HF3O2/c1-12-15(4-6-21-12)16(20)19-10-17(11-19)7-14(9-23-17)22-13-3-2-5-18-8-13;3-2(4,5)1(6)7/h2-6,8,14H,7,9-11H2,1H3;(H,6,7). The number of likely N-dealkylation sites (tertiary alicyclic amines) is 1. The summed E-state index contributed by atoms with van der Waals surface area (Å²) in [5, 5.41) is 7.12. The van der Waals surface area contributed by atoms with Gasteiger partial charge in [-0.25, -0.2) is 4.79 Å². The Hall–Kier alpha value is -2.69. The third-order valence-electron chi connectivity index (χ3n) is 4.69. The van der Waals surface area contributed by atoms with Crippen molar-refractivity contribution < 1.29 is 37.0 Å². The Kier molecular flexibility index (Phi) is 6.30. The summed E-state index contributed by atoms with van der Waals surface area (Å²) in [6.45, 7) is 3.40. The number of carbonyl (C=O) groups is 2. The summed E-state index contributed by atoms with van der Waals surface area (Å²) in [5.74, 6) is -0.224. The molecule has 2 saturated heterocycles. The van der Waals surface area contributed by atoms with E-state index in [1.54, 1.807) is 24.7 Å². The number of hydrogen-bond donors (Lipinski definition) is 1. The first-order valence-corrected chi connectivity index (χ1v) is 9.92. The van der Waals surface area contributed by atoms with Gasteiger partial charge in [-0.05, 0) is 25.1 Å². The molecule has 11 heteroatoms. The van der Waals surface area contributed by atoms with Crippen molar-refractivity contribution in [3.8, 4) is 5.75 Å². The lowest BCUT2D eigenvalue weighted by Gasteiger charge is -2.47. The van der Waals surface area contributed by atoms with Gasteiger partial charge >= 0.3 is 12.1 Å². The van der Waals surface area contributed by atoms with Crippen molar-refractivity contribution in [2.24, 2.45) is 0 Å². The van der Waals surface area contributed by atoms with Crippen LogP contribution in [0, 0.1) is 6.92 Å². The number of hydrogen-bond acceptors (Lipinski definition) is 6. The van der Waals surface area contributed by atoms with Crippen molar-refractivity contribution in [2.45, 2.75) is 30.4 Å². The summed E-state index contributed by atoms with van der Waals surface area (Å²) >= 11 is 1.92. The molecule has 1 amide bonds. The second-order valence-electron chi connectivity index (χ2n) is 6.98. The zero-order valence-corrected chi connectivity index (χ0v) is 16.7. The molecule has 0 bridgehead atoms. The van der Waals surface area contributed by atoms with E-state index in [0.717, 1.165) is 31.0 Å². The van der Waals surface area contributed by atoms with Crippen molar-refractivity contribution in [2.75, 3.05) is 18.8 Å². The number of aryl methyl sites for hydroxylation is 1. The van der Waals surface area contributed by atoms with Crippen molar-refractivity contribution in [3.63, 3.8) is 0 Å².